The number of nitrogens with zero attached hydrogens (tertiary/aromatic N) is 2. The number of benzene rings is 2. The third kappa shape index (κ3) is 6.02. The summed E-state index contributed by atoms with van der Waals surface area (Å²) in [6.07, 6.45) is 1.90. The zero-order valence-corrected chi connectivity index (χ0v) is 23.4. The zero-order valence-electron chi connectivity index (χ0n) is 21.0. The largest absolute Gasteiger partial charge is 0.490 e. The quantitative estimate of drug-likeness (QED) is 0.364. The Morgan fingerprint density at radius 3 is 2.62 bits per heavy atom. The highest BCUT2D eigenvalue weighted by Gasteiger charge is 2.37. The lowest BCUT2D eigenvalue weighted by molar-refractivity contribution is -0.139. The van der Waals surface area contributed by atoms with Crippen LogP contribution in [-0.4, -0.2) is 41.8 Å². The van der Waals surface area contributed by atoms with Gasteiger partial charge in [-0.25, -0.2) is 9.79 Å². The molecular weight excluding hydrogens is 558 g/mol. The van der Waals surface area contributed by atoms with E-state index in [1.807, 2.05) is 67.6 Å². The SMILES string of the molecule is CCOC(=O)C1=C(C)N=C2SC=CN2[C@H]1c1ccc(OCC(=O)Nc2ccc(Br)cc2C)c(OCC)c1. The first-order chi connectivity index (χ1) is 17.8. The monoisotopic (exact) mass is 585 g/mol. The summed E-state index contributed by atoms with van der Waals surface area (Å²) in [4.78, 5) is 32.0. The van der Waals surface area contributed by atoms with Crippen LogP contribution in [0, 0.1) is 6.92 Å². The van der Waals surface area contributed by atoms with Gasteiger partial charge in [0.1, 0.15) is 0 Å². The molecule has 1 N–H and O–H groups in total. The van der Waals surface area contributed by atoms with E-state index in [1.165, 1.54) is 11.8 Å². The fourth-order valence-corrected chi connectivity index (χ4v) is 5.34. The van der Waals surface area contributed by atoms with Gasteiger partial charge in [0.2, 0.25) is 0 Å². The van der Waals surface area contributed by atoms with E-state index in [9.17, 15) is 9.59 Å². The van der Waals surface area contributed by atoms with E-state index in [1.54, 1.807) is 13.0 Å². The van der Waals surface area contributed by atoms with E-state index in [-0.39, 0.29) is 19.1 Å². The van der Waals surface area contributed by atoms with Gasteiger partial charge >= 0.3 is 5.97 Å². The van der Waals surface area contributed by atoms with Crippen molar-refractivity contribution in [2.75, 3.05) is 25.1 Å². The molecule has 1 atom stereocenters. The number of allylic oxidation sites excluding steroid dienone is 1. The fourth-order valence-electron chi connectivity index (χ4n) is 4.08. The van der Waals surface area contributed by atoms with E-state index >= 15 is 0 Å². The predicted octanol–water partition coefficient (Wildman–Crippen LogP) is 5.94. The summed E-state index contributed by atoms with van der Waals surface area (Å²) in [7, 11) is 0. The number of halogens is 1. The molecule has 194 valence electrons. The second-order valence-electron chi connectivity index (χ2n) is 8.26. The van der Waals surface area contributed by atoms with Crippen molar-refractivity contribution in [3.05, 3.63) is 74.9 Å². The molecule has 0 aromatic heterocycles. The van der Waals surface area contributed by atoms with Gasteiger partial charge in [0, 0.05) is 16.4 Å². The minimum atomic E-state index is -0.435. The number of thioether (sulfide) groups is 1. The number of nitrogens with one attached hydrogen (secondary N) is 1. The maximum Gasteiger partial charge on any atom is 0.338 e. The summed E-state index contributed by atoms with van der Waals surface area (Å²) in [6.45, 7) is 7.87. The van der Waals surface area contributed by atoms with E-state index in [2.05, 4.69) is 26.2 Å². The van der Waals surface area contributed by atoms with Gasteiger partial charge in [-0.1, -0.05) is 33.8 Å². The number of hydrogen-bond acceptors (Lipinski definition) is 8. The van der Waals surface area contributed by atoms with Crippen LogP contribution in [-0.2, 0) is 14.3 Å². The van der Waals surface area contributed by atoms with Crippen molar-refractivity contribution in [2.45, 2.75) is 33.7 Å². The number of aryl methyl sites for hydroxylation is 1. The van der Waals surface area contributed by atoms with Crippen molar-refractivity contribution in [2.24, 2.45) is 4.99 Å². The Morgan fingerprint density at radius 1 is 1.08 bits per heavy atom. The van der Waals surface area contributed by atoms with Gasteiger partial charge in [0.05, 0.1) is 30.5 Å². The molecule has 0 bridgehead atoms. The molecule has 0 spiro atoms. The molecule has 2 aromatic carbocycles. The summed E-state index contributed by atoms with van der Waals surface area (Å²) in [5.74, 6) is 0.222. The maximum atomic E-state index is 12.9. The van der Waals surface area contributed by atoms with Gasteiger partial charge in [0.15, 0.2) is 23.3 Å². The lowest BCUT2D eigenvalue weighted by Crippen LogP contribution is -2.34. The summed E-state index contributed by atoms with van der Waals surface area (Å²) < 4.78 is 18.0. The number of carbonyl (C=O) groups is 2. The van der Waals surface area contributed by atoms with E-state index in [0.29, 0.717) is 29.4 Å². The molecule has 0 fully saturated rings. The number of anilines is 1. The number of aliphatic imine (C=N–C) groups is 1. The Bertz CT molecular complexity index is 1310. The number of fused-ring (bicyclic) bond motifs is 1. The molecule has 2 aliphatic heterocycles. The number of esters is 1. The van der Waals surface area contributed by atoms with Crippen molar-refractivity contribution >= 4 is 50.4 Å². The number of ether oxygens (including phenoxy) is 3. The second-order valence-corrected chi connectivity index (χ2v) is 10.1. The van der Waals surface area contributed by atoms with E-state index in [4.69, 9.17) is 14.2 Å². The molecular formula is C27H28BrN3O5S. The number of rotatable bonds is 9. The molecule has 10 heteroatoms. The average molecular weight is 587 g/mol. The van der Waals surface area contributed by atoms with E-state index in [0.717, 1.165) is 26.5 Å². The van der Waals surface area contributed by atoms with Crippen LogP contribution >= 0.6 is 27.7 Å². The van der Waals surface area contributed by atoms with Crippen molar-refractivity contribution in [1.29, 1.82) is 0 Å². The fraction of sp³-hybridized carbons (Fsp3) is 0.296. The average Bonchev–Trinajstić information content (AvgIpc) is 3.32. The van der Waals surface area contributed by atoms with Crippen molar-refractivity contribution in [3.8, 4) is 11.5 Å². The summed E-state index contributed by atoms with van der Waals surface area (Å²) >= 11 is 4.92. The van der Waals surface area contributed by atoms with Gasteiger partial charge in [0.25, 0.3) is 5.91 Å². The third-order valence-electron chi connectivity index (χ3n) is 5.72. The lowest BCUT2D eigenvalue weighted by atomic mass is 9.94. The normalized spacial score (nSPS) is 16.3. The lowest BCUT2D eigenvalue weighted by Gasteiger charge is -2.33. The minimum absolute atomic E-state index is 0.187. The van der Waals surface area contributed by atoms with Crippen LogP contribution in [0.4, 0.5) is 5.69 Å². The number of amides is 1. The molecule has 1 amide bonds. The number of hydrogen-bond donors (Lipinski definition) is 1. The first-order valence-corrected chi connectivity index (χ1v) is 13.5. The van der Waals surface area contributed by atoms with Crippen LogP contribution in [0.1, 0.15) is 37.9 Å². The van der Waals surface area contributed by atoms with E-state index < -0.39 is 12.0 Å². The van der Waals surface area contributed by atoms with Crippen LogP contribution in [0.2, 0.25) is 0 Å². The first kappa shape index (κ1) is 26.8. The van der Waals surface area contributed by atoms with Crippen LogP contribution in [0.15, 0.2) is 68.7 Å². The first-order valence-electron chi connectivity index (χ1n) is 11.9. The third-order valence-corrected chi connectivity index (χ3v) is 6.98. The van der Waals surface area contributed by atoms with Crippen molar-refractivity contribution in [3.63, 3.8) is 0 Å². The molecule has 2 aliphatic rings. The molecule has 37 heavy (non-hydrogen) atoms. The maximum absolute atomic E-state index is 12.9. The molecule has 2 heterocycles. The Morgan fingerprint density at radius 2 is 1.89 bits per heavy atom. The molecule has 2 aromatic rings. The number of amidine groups is 1. The van der Waals surface area contributed by atoms with Gasteiger partial charge in [-0.3, -0.25) is 4.79 Å². The Kier molecular flexibility index (Phi) is 8.60. The Labute approximate surface area is 228 Å². The van der Waals surface area contributed by atoms with Crippen molar-refractivity contribution in [1.82, 2.24) is 4.90 Å². The highest BCUT2D eigenvalue weighted by molar-refractivity contribution is 9.10. The molecule has 8 nitrogen and oxygen atoms in total. The molecule has 0 aliphatic carbocycles. The molecule has 0 saturated heterocycles. The smallest absolute Gasteiger partial charge is 0.338 e. The molecule has 0 radical (unpaired) electrons. The summed E-state index contributed by atoms with van der Waals surface area (Å²) in [6, 6.07) is 10.7. The highest BCUT2D eigenvalue weighted by Crippen LogP contribution is 2.43. The topological polar surface area (TPSA) is 89.5 Å². The van der Waals surface area contributed by atoms with Crippen LogP contribution in [0.25, 0.3) is 0 Å². The second kappa shape index (κ2) is 11.9. The molecule has 4 rings (SSSR count). The Balaban J connectivity index is 1.57. The summed E-state index contributed by atoms with van der Waals surface area (Å²) in [5.41, 5.74) is 3.55. The zero-order chi connectivity index (χ0) is 26.5. The molecule has 0 unspecified atom stereocenters. The Hall–Kier alpha value is -3.24. The van der Waals surface area contributed by atoms with Gasteiger partial charge in [-0.2, -0.15) is 0 Å². The van der Waals surface area contributed by atoms with Crippen LogP contribution in [0.3, 0.4) is 0 Å². The molecule has 0 saturated carbocycles. The van der Waals surface area contributed by atoms with Gasteiger partial charge < -0.3 is 24.4 Å². The van der Waals surface area contributed by atoms with Crippen LogP contribution < -0.4 is 14.8 Å². The minimum Gasteiger partial charge on any atom is -0.490 e. The van der Waals surface area contributed by atoms with Gasteiger partial charge in [-0.05, 0) is 74.6 Å². The van der Waals surface area contributed by atoms with Gasteiger partial charge in [-0.15, -0.1) is 0 Å². The van der Waals surface area contributed by atoms with Crippen LogP contribution in [0.5, 0.6) is 11.5 Å². The predicted molar refractivity (Wildman–Crippen MR) is 149 cm³/mol. The highest BCUT2D eigenvalue weighted by atomic mass is 79.9. The van der Waals surface area contributed by atoms with Crippen molar-refractivity contribution < 1.29 is 23.8 Å². The standard InChI is InChI=1S/C27H28BrN3O5S/c1-5-34-22-14-18(25-24(26(33)35-6-2)17(4)29-27-31(25)11-12-37-27)7-10-21(22)36-15-23(32)30-20-9-8-19(28)13-16(20)3/h7-14,25H,5-6,15H2,1-4H3,(H,30,32)/t25-/m0/s1. The summed E-state index contributed by atoms with van der Waals surface area (Å²) in [5, 5.41) is 5.59. The number of carbonyl (C=O) groups excluding carboxylic acids is 2.